The second-order valence-corrected chi connectivity index (χ2v) is 18.0. The maximum atomic E-state index is 13.8. The SMILES string of the molecule is CN(C)CC[C@H](CSc1ccccc1)Nc1ccc(S(=O)(=O)Nc2ncnc3cc(N4CCN(Cc5cccnc5-c5ccc(N(C)C)cc5)CC4)ccc23)cc1[N+](=O)[O-]. The summed E-state index contributed by atoms with van der Waals surface area (Å²) in [5, 5.41) is 16.2. The molecule has 1 saturated heterocycles. The number of aromatic nitrogens is 3. The molecular formula is C44H50N10O4S2. The number of nitro benzene ring substituents is 1. The van der Waals surface area contributed by atoms with Gasteiger partial charge in [-0.2, -0.15) is 0 Å². The van der Waals surface area contributed by atoms with E-state index in [2.05, 4.69) is 69.9 Å². The maximum Gasteiger partial charge on any atom is 0.293 e. The number of hydrogen-bond donors (Lipinski definition) is 2. The lowest BCUT2D eigenvalue weighted by Gasteiger charge is -2.36. The Balaban J connectivity index is 1.01. The van der Waals surface area contributed by atoms with Crippen molar-refractivity contribution >= 4 is 61.3 Å². The zero-order chi connectivity index (χ0) is 42.2. The van der Waals surface area contributed by atoms with Crippen molar-refractivity contribution < 1.29 is 13.3 Å². The van der Waals surface area contributed by atoms with Crippen molar-refractivity contribution in [3.8, 4) is 11.3 Å². The fourth-order valence-corrected chi connectivity index (χ4v) is 9.20. The second kappa shape index (κ2) is 19.1. The molecule has 0 bridgehead atoms. The van der Waals surface area contributed by atoms with E-state index in [9.17, 15) is 18.5 Å². The van der Waals surface area contributed by atoms with Gasteiger partial charge in [0, 0.05) is 98.1 Å². The number of pyridine rings is 1. The van der Waals surface area contributed by atoms with Crippen molar-refractivity contribution in [2.75, 3.05) is 86.5 Å². The molecule has 16 heteroatoms. The number of anilines is 4. The van der Waals surface area contributed by atoms with Crippen LogP contribution in [0.4, 0.5) is 28.6 Å². The van der Waals surface area contributed by atoms with Gasteiger partial charge in [0.1, 0.15) is 12.0 Å². The normalized spacial score (nSPS) is 14.0. The number of sulfonamides is 1. The molecule has 0 aliphatic carbocycles. The lowest BCUT2D eigenvalue weighted by Crippen LogP contribution is -2.46. The van der Waals surface area contributed by atoms with Gasteiger partial charge in [0.2, 0.25) is 0 Å². The standard InChI is InChI=1S/C44H50N10O4S2/c1-50(2)22-20-34(30-59-37-10-6-5-7-11-37)48-40-19-17-38(28-42(40)54(55)56)60(57,58)49-44-39-18-16-36(27-41(39)46-31-47-44)53-25-23-52(24-26-53)29-33-9-8-21-45-43(33)32-12-14-35(15-13-32)51(3)4/h5-19,21,27-28,31,34,48H,20,22-26,29-30H2,1-4H3,(H,46,47,49)/t34-/m1/s1. The van der Waals surface area contributed by atoms with Gasteiger partial charge in [-0.05, 0) is 93.3 Å². The Kier molecular flexibility index (Phi) is 13.4. The van der Waals surface area contributed by atoms with E-state index in [0.717, 1.165) is 79.3 Å². The summed E-state index contributed by atoms with van der Waals surface area (Å²) in [4.78, 5) is 35.0. The van der Waals surface area contributed by atoms with Gasteiger partial charge in [-0.15, -0.1) is 11.8 Å². The van der Waals surface area contributed by atoms with Crippen LogP contribution in [0.3, 0.4) is 0 Å². The molecule has 2 aromatic heterocycles. The Hall–Kier alpha value is -5.81. The number of nitrogens with one attached hydrogen (secondary N) is 2. The third-order valence-corrected chi connectivity index (χ3v) is 13.0. The first kappa shape index (κ1) is 42.3. The molecule has 6 aromatic rings. The van der Waals surface area contributed by atoms with E-state index in [-0.39, 0.29) is 28.1 Å². The van der Waals surface area contributed by atoms with Gasteiger partial charge in [-0.25, -0.2) is 18.4 Å². The fourth-order valence-electron chi connectivity index (χ4n) is 7.15. The number of hydrogen-bond acceptors (Lipinski definition) is 13. The van der Waals surface area contributed by atoms with E-state index in [4.69, 9.17) is 4.98 Å². The van der Waals surface area contributed by atoms with Gasteiger partial charge in [-0.1, -0.05) is 36.4 Å². The van der Waals surface area contributed by atoms with Crippen LogP contribution in [-0.2, 0) is 16.6 Å². The van der Waals surface area contributed by atoms with Crippen LogP contribution in [0.25, 0.3) is 22.2 Å². The Labute approximate surface area is 355 Å². The largest absolute Gasteiger partial charge is 0.378 e. The Morgan fingerprint density at radius 2 is 1.63 bits per heavy atom. The van der Waals surface area contributed by atoms with Crippen LogP contribution < -0.4 is 19.8 Å². The summed E-state index contributed by atoms with van der Waals surface area (Å²) in [6, 6.07) is 32.1. The molecule has 1 aliphatic heterocycles. The second-order valence-electron chi connectivity index (χ2n) is 15.2. The van der Waals surface area contributed by atoms with Crippen molar-refractivity contribution in [1.82, 2.24) is 24.8 Å². The minimum absolute atomic E-state index is 0.0894. The molecule has 2 N–H and O–H groups in total. The summed E-state index contributed by atoms with van der Waals surface area (Å²) < 4.78 is 30.1. The summed E-state index contributed by atoms with van der Waals surface area (Å²) in [5.74, 6) is 0.752. The summed E-state index contributed by atoms with van der Waals surface area (Å²) in [6.07, 6.45) is 3.89. The zero-order valence-electron chi connectivity index (χ0n) is 34.2. The van der Waals surface area contributed by atoms with E-state index < -0.39 is 14.9 Å². The molecule has 0 saturated carbocycles. The quantitative estimate of drug-likeness (QED) is 0.0537. The number of thioether (sulfide) groups is 1. The number of benzene rings is 4. The molecule has 1 fully saturated rings. The van der Waals surface area contributed by atoms with E-state index in [0.29, 0.717) is 16.7 Å². The van der Waals surface area contributed by atoms with Crippen LogP contribution in [-0.4, -0.2) is 111 Å². The minimum atomic E-state index is -4.27. The Bertz CT molecular complexity index is 2520. The van der Waals surface area contributed by atoms with E-state index in [1.54, 1.807) is 11.8 Å². The summed E-state index contributed by atoms with van der Waals surface area (Å²) in [5.41, 5.74) is 5.88. The fraction of sp³-hybridized carbons (Fsp3) is 0.295. The highest BCUT2D eigenvalue weighted by atomic mass is 32.2. The van der Waals surface area contributed by atoms with E-state index in [1.165, 1.54) is 24.0 Å². The molecule has 0 radical (unpaired) electrons. The zero-order valence-corrected chi connectivity index (χ0v) is 35.9. The van der Waals surface area contributed by atoms with Crippen molar-refractivity contribution in [2.45, 2.75) is 28.8 Å². The van der Waals surface area contributed by atoms with Crippen LogP contribution >= 0.6 is 11.8 Å². The van der Waals surface area contributed by atoms with Gasteiger partial charge < -0.3 is 20.0 Å². The minimum Gasteiger partial charge on any atom is -0.378 e. The lowest BCUT2D eigenvalue weighted by molar-refractivity contribution is -0.384. The highest BCUT2D eigenvalue weighted by Gasteiger charge is 2.25. The number of nitrogens with zero attached hydrogens (tertiary/aromatic N) is 8. The molecule has 0 unspecified atom stereocenters. The first-order valence-corrected chi connectivity index (χ1v) is 22.2. The van der Waals surface area contributed by atoms with Crippen LogP contribution in [0.2, 0.25) is 0 Å². The van der Waals surface area contributed by atoms with Crippen LogP contribution in [0.5, 0.6) is 0 Å². The molecule has 1 aliphatic rings. The molecule has 1 atom stereocenters. The summed E-state index contributed by atoms with van der Waals surface area (Å²) in [7, 11) is 3.75. The molecule has 3 heterocycles. The molecule has 4 aromatic carbocycles. The first-order chi connectivity index (χ1) is 28.9. The predicted octanol–water partition coefficient (Wildman–Crippen LogP) is 7.31. The van der Waals surface area contributed by atoms with Gasteiger partial charge in [-0.3, -0.25) is 24.7 Å². The van der Waals surface area contributed by atoms with Gasteiger partial charge in [0.15, 0.2) is 5.82 Å². The molecule has 0 spiro atoms. The van der Waals surface area contributed by atoms with Crippen molar-refractivity contribution in [3.05, 3.63) is 131 Å². The average molecular weight is 847 g/mol. The number of piperazine rings is 1. The lowest BCUT2D eigenvalue weighted by atomic mass is 10.0. The smallest absolute Gasteiger partial charge is 0.293 e. The molecular weight excluding hydrogens is 797 g/mol. The number of fused-ring (bicyclic) bond motifs is 1. The number of rotatable bonds is 17. The monoisotopic (exact) mass is 846 g/mol. The highest BCUT2D eigenvalue weighted by molar-refractivity contribution is 7.99. The average Bonchev–Trinajstić information content (AvgIpc) is 3.25. The Morgan fingerprint density at radius 3 is 2.35 bits per heavy atom. The molecule has 7 rings (SSSR count). The predicted molar refractivity (Wildman–Crippen MR) is 243 cm³/mol. The topological polar surface area (TPSA) is 153 Å². The Morgan fingerprint density at radius 1 is 0.867 bits per heavy atom. The first-order valence-electron chi connectivity index (χ1n) is 19.8. The summed E-state index contributed by atoms with van der Waals surface area (Å²) >= 11 is 1.66. The maximum absolute atomic E-state index is 13.8. The van der Waals surface area contributed by atoms with Crippen molar-refractivity contribution in [2.24, 2.45) is 0 Å². The van der Waals surface area contributed by atoms with Crippen LogP contribution in [0.15, 0.2) is 125 Å². The third kappa shape index (κ3) is 10.5. The van der Waals surface area contributed by atoms with Crippen molar-refractivity contribution in [3.63, 3.8) is 0 Å². The van der Waals surface area contributed by atoms with Gasteiger partial charge in [0.05, 0.1) is 21.0 Å². The third-order valence-electron chi connectivity index (χ3n) is 10.5. The van der Waals surface area contributed by atoms with Crippen molar-refractivity contribution in [1.29, 1.82) is 0 Å². The van der Waals surface area contributed by atoms with Gasteiger partial charge in [0.25, 0.3) is 15.7 Å². The number of nitro groups is 1. The van der Waals surface area contributed by atoms with E-state index >= 15 is 0 Å². The molecule has 312 valence electrons. The van der Waals surface area contributed by atoms with Crippen LogP contribution in [0, 0.1) is 10.1 Å². The molecule has 0 amide bonds. The summed E-state index contributed by atoms with van der Waals surface area (Å²) in [6.45, 7) is 4.86. The van der Waals surface area contributed by atoms with Crippen LogP contribution in [0.1, 0.15) is 12.0 Å². The van der Waals surface area contributed by atoms with E-state index in [1.807, 2.05) is 89.0 Å². The molecule has 60 heavy (non-hydrogen) atoms. The molecule has 14 nitrogen and oxygen atoms in total. The highest BCUT2D eigenvalue weighted by Crippen LogP contribution is 2.33. The van der Waals surface area contributed by atoms with Gasteiger partial charge >= 0.3 is 0 Å².